The smallest absolute Gasteiger partial charge is 0.246 e. The normalized spacial score (nSPS) is 13.7. The number of hydrogen-bond donors (Lipinski definition) is 1. The molecule has 1 aromatic carbocycles. The van der Waals surface area contributed by atoms with Crippen molar-refractivity contribution in [1.29, 1.82) is 0 Å². The van der Waals surface area contributed by atoms with Crippen LogP contribution in [0.3, 0.4) is 0 Å². The number of ether oxygens (including phenoxy) is 1. The van der Waals surface area contributed by atoms with Gasteiger partial charge in [-0.3, -0.25) is 0 Å². The van der Waals surface area contributed by atoms with Crippen LogP contribution >= 0.6 is 0 Å². The van der Waals surface area contributed by atoms with Crippen LogP contribution in [0.25, 0.3) is 0 Å². The maximum Gasteiger partial charge on any atom is 0.246 e. The summed E-state index contributed by atoms with van der Waals surface area (Å²) >= 11 is 0. The first-order chi connectivity index (χ1) is 8.84. The summed E-state index contributed by atoms with van der Waals surface area (Å²) < 4.78 is 44.7. The van der Waals surface area contributed by atoms with E-state index in [0.717, 1.165) is 12.1 Å². The molecule has 0 spiro atoms. The molecule has 0 radical (unpaired) electrons. The van der Waals surface area contributed by atoms with Crippen molar-refractivity contribution in [2.24, 2.45) is 0 Å². The quantitative estimate of drug-likeness (QED) is 0.805. The lowest BCUT2D eigenvalue weighted by atomic mass is 10.3. The Morgan fingerprint density at radius 1 is 1.47 bits per heavy atom. The van der Waals surface area contributed by atoms with E-state index in [0.29, 0.717) is 0 Å². The third kappa shape index (κ3) is 3.43. The van der Waals surface area contributed by atoms with Gasteiger partial charge in [-0.2, -0.15) is 4.31 Å². The van der Waals surface area contributed by atoms with E-state index in [1.165, 1.54) is 17.5 Å². The van der Waals surface area contributed by atoms with E-state index in [-0.39, 0.29) is 24.9 Å². The van der Waals surface area contributed by atoms with Crippen molar-refractivity contribution in [1.82, 2.24) is 4.31 Å². The summed E-state index contributed by atoms with van der Waals surface area (Å²) in [6.07, 6.45) is 0. The lowest BCUT2D eigenvalue weighted by Gasteiger charge is -2.26. The highest BCUT2D eigenvalue weighted by molar-refractivity contribution is 7.89. The summed E-state index contributed by atoms with van der Waals surface area (Å²) in [6, 6.07) is 3.12. The summed E-state index contributed by atoms with van der Waals surface area (Å²) in [6.45, 7) is 3.85. The molecule has 1 rings (SSSR count). The molecule has 0 aliphatic heterocycles. The summed E-state index contributed by atoms with van der Waals surface area (Å²) in [5, 5.41) is 0. The van der Waals surface area contributed by atoms with Crippen molar-refractivity contribution in [3.63, 3.8) is 0 Å². The lowest BCUT2D eigenvalue weighted by Crippen LogP contribution is -2.41. The fourth-order valence-electron chi connectivity index (χ4n) is 1.89. The summed E-state index contributed by atoms with van der Waals surface area (Å²) in [4.78, 5) is -0.405. The maximum absolute atomic E-state index is 13.7. The van der Waals surface area contributed by atoms with Crippen molar-refractivity contribution in [3.8, 4) is 0 Å². The van der Waals surface area contributed by atoms with Gasteiger partial charge >= 0.3 is 0 Å². The van der Waals surface area contributed by atoms with Crippen molar-refractivity contribution in [2.45, 2.75) is 24.8 Å². The number of sulfonamides is 1. The van der Waals surface area contributed by atoms with Gasteiger partial charge in [0.25, 0.3) is 0 Å². The first-order valence-electron chi connectivity index (χ1n) is 5.90. The fraction of sp³-hybridized carbons (Fsp3) is 0.500. The molecule has 0 bridgehead atoms. The monoisotopic (exact) mass is 290 g/mol. The van der Waals surface area contributed by atoms with Gasteiger partial charge in [0.15, 0.2) is 0 Å². The molecule has 2 N–H and O–H groups in total. The van der Waals surface area contributed by atoms with Crippen molar-refractivity contribution in [3.05, 3.63) is 24.0 Å². The number of hydrogen-bond acceptors (Lipinski definition) is 4. The van der Waals surface area contributed by atoms with Crippen molar-refractivity contribution in [2.75, 3.05) is 26.0 Å². The van der Waals surface area contributed by atoms with Gasteiger partial charge in [-0.1, -0.05) is 6.92 Å². The molecular weight excluding hydrogens is 271 g/mol. The molecule has 0 aliphatic rings. The van der Waals surface area contributed by atoms with E-state index in [4.69, 9.17) is 10.5 Å². The zero-order valence-electron chi connectivity index (χ0n) is 11.3. The van der Waals surface area contributed by atoms with Crippen LogP contribution < -0.4 is 5.73 Å². The van der Waals surface area contributed by atoms with Gasteiger partial charge in [-0.25, -0.2) is 12.8 Å². The molecule has 0 amide bonds. The van der Waals surface area contributed by atoms with Crippen LogP contribution in [0.1, 0.15) is 13.8 Å². The Morgan fingerprint density at radius 2 is 2.11 bits per heavy atom. The second-order valence-electron chi connectivity index (χ2n) is 4.20. The van der Waals surface area contributed by atoms with E-state index in [1.54, 1.807) is 13.8 Å². The van der Waals surface area contributed by atoms with Crippen LogP contribution in [0.15, 0.2) is 23.1 Å². The van der Waals surface area contributed by atoms with E-state index < -0.39 is 20.7 Å². The number of nitrogen functional groups attached to an aromatic ring is 1. The zero-order chi connectivity index (χ0) is 14.6. The SMILES string of the molecule is CCN(C(C)COC)S(=O)(=O)c1cc(N)ccc1F. The molecule has 7 heteroatoms. The van der Waals surface area contributed by atoms with Crippen molar-refractivity contribution >= 4 is 15.7 Å². The summed E-state index contributed by atoms with van der Waals surface area (Å²) in [7, 11) is -2.44. The van der Waals surface area contributed by atoms with E-state index in [2.05, 4.69) is 0 Å². The van der Waals surface area contributed by atoms with E-state index in [9.17, 15) is 12.8 Å². The zero-order valence-corrected chi connectivity index (χ0v) is 12.1. The minimum Gasteiger partial charge on any atom is -0.399 e. The van der Waals surface area contributed by atoms with Crippen LogP contribution in [0.5, 0.6) is 0 Å². The van der Waals surface area contributed by atoms with Crippen LogP contribution in [-0.2, 0) is 14.8 Å². The Hall–Kier alpha value is -1.18. The highest BCUT2D eigenvalue weighted by Crippen LogP contribution is 2.23. The summed E-state index contributed by atoms with van der Waals surface area (Å²) in [5.41, 5.74) is 5.73. The molecule has 0 saturated heterocycles. The van der Waals surface area contributed by atoms with Gasteiger partial charge in [-0.05, 0) is 25.1 Å². The average Bonchev–Trinajstić information content (AvgIpc) is 2.33. The molecule has 0 saturated carbocycles. The first-order valence-corrected chi connectivity index (χ1v) is 7.34. The minimum absolute atomic E-state index is 0.204. The number of nitrogens with zero attached hydrogens (tertiary/aromatic N) is 1. The molecule has 0 aromatic heterocycles. The molecule has 0 aliphatic carbocycles. The Kier molecular flexibility index (Phi) is 5.28. The summed E-state index contributed by atoms with van der Waals surface area (Å²) in [5.74, 6) is -0.808. The third-order valence-corrected chi connectivity index (χ3v) is 4.86. The van der Waals surface area contributed by atoms with Crippen LogP contribution in [0.4, 0.5) is 10.1 Å². The molecule has 5 nitrogen and oxygen atoms in total. The third-order valence-electron chi connectivity index (χ3n) is 2.75. The Balaban J connectivity index is 3.24. The second-order valence-corrected chi connectivity index (χ2v) is 6.06. The first kappa shape index (κ1) is 15.9. The number of halogens is 1. The Labute approximate surface area is 113 Å². The lowest BCUT2D eigenvalue weighted by molar-refractivity contribution is 0.142. The molecule has 1 atom stereocenters. The van der Waals surface area contributed by atoms with Crippen LogP contribution in [0, 0.1) is 5.82 Å². The number of nitrogens with two attached hydrogens (primary N) is 1. The fourth-order valence-corrected chi connectivity index (χ4v) is 3.61. The van der Waals surface area contributed by atoms with Gasteiger partial charge < -0.3 is 10.5 Å². The number of methoxy groups -OCH3 is 1. The highest BCUT2D eigenvalue weighted by Gasteiger charge is 2.30. The minimum atomic E-state index is -3.93. The number of rotatable bonds is 6. The molecule has 0 fully saturated rings. The predicted octanol–water partition coefficient (Wildman–Crippen LogP) is 1.45. The Bertz CT molecular complexity index is 534. The molecule has 0 heterocycles. The number of benzene rings is 1. The molecule has 19 heavy (non-hydrogen) atoms. The largest absolute Gasteiger partial charge is 0.399 e. The molecular formula is C12H19FN2O3S. The molecule has 108 valence electrons. The van der Waals surface area contributed by atoms with Gasteiger partial charge in [-0.15, -0.1) is 0 Å². The average molecular weight is 290 g/mol. The van der Waals surface area contributed by atoms with E-state index in [1.807, 2.05) is 0 Å². The predicted molar refractivity (Wildman–Crippen MR) is 71.7 cm³/mol. The Morgan fingerprint density at radius 3 is 2.63 bits per heavy atom. The van der Waals surface area contributed by atoms with E-state index >= 15 is 0 Å². The van der Waals surface area contributed by atoms with Gasteiger partial charge in [0.1, 0.15) is 10.7 Å². The van der Waals surface area contributed by atoms with Gasteiger partial charge in [0.05, 0.1) is 6.61 Å². The van der Waals surface area contributed by atoms with Gasteiger partial charge in [0.2, 0.25) is 10.0 Å². The van der Waals surface area contributed by atoms with Crippen molar-refractivity contribution < 1.29 is 17.5 Å². The van der Waals surface area contributed by atoms with Gasteiger partial charge in [0, 0.05) is 25.4 Å². The molecule has 1 unspecified atom stereocenters. The number of likely N-dealkylation sites (N-methyl/N-ethyl adjacent to an activating group) is 1. The van der Waals surface area contributed by atoms with Crippen LogP contribution in [-0.4, -0.2) is 39.0 Å². The maximum atomic E-state index is 13.7. The highest BCUT2D eigenvalue weighted by atomic mass is 32.2. The van der Waals surface area contributed by atoms with Crippen LogP contribution in [0.2, 0.25) is 0 Å². The standard InChI is InChI=1S/C12H19FN2O3S/c1-4-15(9(2)8-18-3)19(16,17)12-7-10(14)5-6-11(12)13/h5-7,9H,4,8,14H2,1-3H3. The topological polar surface area (TPSA) is 72.6 Å². The molecule has 1 aromatic rings. The second kappa shape index (κ2) is 6.31. The number of anilines is 1.